The number of alkyl halides is 2. The van der Waals surface area contributed by atoms with Gasteiger partial charge < -0.3 is 9.26 Å². The molecule has 3 aromatic carbocycles. The number of ether oxygens (including phenoxy) is 1. The number of carbonyl (C=O) groups excluding carboxylic acids is 1. The molecule has 0 bridgehead atoms. The normalized spacial score (nSPS) is 13.0. The first-order valence-electron chi connectivity index (χ1n) is 11.5. The zero-order valence-corrected chi connectivity index (χ0v) is 20.5. The molecule has 0 saturated heterocycles. The molecule has 0 aliphatic heterocycles. The highest BCUT2D eigenvalue weighted by atomic mass is 19.3. The standard InChI is InChI=1S/C28H27F2N3O3/c1-16-15-21(13-14-22(16)23-7-5-6-8-24(23)25(29)30)27-32-26(33-36-27)20-11-9-19(10-12-20)17(2)31-18(3)28(34)35-4/h5-15,17-18,25,31H,1-4H3/t17-,18-/m1/s1. The number of halogens is 2. The molecule has 2 atom stereocenters. The SMILES string of the molecule is COC(=O)[C@@H](C)N[C@H](C)c1ccc(-c2noc(-c3ccc(-c4ccccc4C(F)F)c(C)c3)n2)cc1. The van der Waals surface area contributed by atoms with Gasteiger partial charge >= 0.3 is 5.97 Å². The molecule has 0 fully saturated rings. The van der Waals surface area contributed by atoms with Crippen LogP contribution in [-0.4, -0.2) is 29.3 Å². The van der Waals surface area contributed by atoms with E-state index in [4.69, 9.17) is 9.26 Å². The van der Waals surface area contributed by atoms with Crippen molar-refractivity contribution < 1.29 is 22.8 Å². The van der Waals surface area contributed by atoms with E-state index < -0.39 is 12.5 Å². The Balaban J connectivity index is 1.52. The maximum atomic E-state index is 13.5. The molecule has 0 saturated carbocycles. The molecule has 6 nitrogen and oxygen atoms in total. The van der Waals surface area contributed by atoms with Gasteiger partial charge in [-0.25, -0.2) is 8.78 Å². The molecule has 1 heterocycles. The minimum atomic E-state index is -2.56. The second-order valence-corrected chi connectivity index (χ2v) is 8.60. The third-order valence-electron chi connectivity index (χ3n) is 6.11. The number of esters is 1. The molecular formula is C28H27F2N3O3. The van der Waals surface area contributed by atoms with E-state index >= 15 is 0 Å². The Morgan fingerprint density at radius 1 is 0.972 bits per heavy atom. The predicted molar refractivity (Wildman–Crippen MR) is 133 cm³/mol. The molecule has 8 heteroatoms. The third kappa shape index (κ3) is 5.33. The number of aromatic nitrogens is 2. The van der Waals surface area contributed by atoms with Crippen molar-refractivity contribution in [2.75, 3.05) is 7.11 Å². The minimum Gasteiger partial charge on any atom is -0.468 e. The van der Waals surface area contributed by atoms with Crippen LogP contribution < -0.4 is 5.32 Å². The highest BCUT2D eigenvalue weighted by Gasteiger charge is 2.18. The van der Waals surface area contributed by atoms with Crippen LogP contribution in [0, 0.1) is 6.92 Å². The summed E-state index contributed by atoms with van der Waals surface area (Å²) in [6.07, 6.45) is -2.56. The van der Waals surface area contributed by atoms with Gasteiger partial charge in [0.2, 0.25) is 5.82 Å². The van der Waals surface area contributed by atoms with Crippen molar-refractivity contribution in [3.05, 3.63) is 83.4 Å². The number of methoxy groups -OCH3 is 1. The van der Waals surface area contributed by atoms with Crippen LogP contribution in [0.15, 0.2) is 71.3 Å². The Morgan fingerprint density at radius 3 is 2.33 bits per heavy atom. The van der Waals surface area contributed by atoms with E-state index in [2.05, 4.69) is 15.5 Å². The fraction of sp³-hybridized carbons (Fsp3) is 0.250. The topological polar surface area (TPSA) is 77.2 Å². The summed E-state index contributed by atoms with van der Waals surface area (Å²) < 4.78 is 37.2. The van der Waals surface area contributed by atoms with Gasteiger partial charge in [0.25, 0.3) is 12.3 Å². The molecular weight excluding hydrogens is 464 g/mol. The van der Waals surface area contributed by atoms with E-state index in [1.165, 1.54) is 13.2 Å². The van der Waals surface area contributed by atoms with Crippen LogP contribution in [0.2, 0.25) is 0 Å². The summed E-state index contributed by atoms with van der Waals surface area (Å²) in [5.74, 6) is 0.456. The van der Waals surface area contributed by atoms with E-state index in [0.29, 0.717) is 22.8 Å². The highest BCUT2D eigenvalue weighted by molar-refractivity contribution is 5.75. The van der Waals surface area contributed by atoms with Crippen molar-refractivity contribution in [1.82, 2.24) is 15.5 Å². The zero-order valence-electron chi connectivity index (χ0n) is 20.5. The summed E-state index contributed by atoms with van der Waals surface area (Å²) in [6.45, 7) is 5.59. The van der Waals surface area contributed by atoms with Crippen molar-refractivity contribution in [1.29, 1.82) is 0 Å². The summed E-state index contributed by atoms with van der Waals surface area (Å²) >= 11 is 0. The molecule has 0 amide bonds. The van der Waals surface area contributed by atoms with Crippen molar-refractivity contribution >= 4 is 5.97 Å². The highest BCUT2D eigenvalue weighted by Crippen LogP contribution is 2.34. The Hall–Kier alpha value is -3.91. The summed E-state index contributed by atoms with van der Waals surface area (Å²) in [5, 5.41) is 7.30. The van der Waals surface area contributed by atoms with Crippen LogP contribution in [0.5, 0.6) is 0 Å². The summed E-state index contributed by atoms with van der Waals surface area (Å²) in [5.41, 5.74) is 4.54. The fourth-order valence-corrected chi connectivity index (χ4v) is 4.13. The Labute approximate surface area is 208 Å². The molecule has 4 aromatic rings. The van der Waals surface area contributed by atoms with Crippen LogP contribution in [0.3, 0.4) is 0 Å². The molecule has 0 spiro atoms. The number of aryl methyl sites for hydroxylation is 1. The predicted octanol–water partition coefficient (Wildman–Crippen LogP) is 6.53. The number of nitrogens with one attached hydrogen (secondary N) is 1. The lowest BCUT2D eigenvalue weighted by Crippen LogP contribution is -2.36. The lowest BCUT2D eigenvalue weighted by Gasteiger charge is -2.18. The van der Waals surface area contributed by atoms with Crippen molar-refractivity contribution in [2.24, 2.45) is 0 Å². The van der Waals surface area contributed by atoms with E-state index in [1.807, 2.05) is 44.2 Å². The summed E-state index contributed by atoms with van der Waals surface area (Å²) in [6, 6.07) is 19.1. The number of rotatable bonds is 8. The molecule has 1 N–H and O–H groups in total. The van der Waals surface area contributed by atoms with Gasteiger partial charge in [-0.1, -0.05) is 59.8 Å². The molecule has 1 aromatic heterocycles. The fourth-order valence-electron chi connectivity index (χ4n) is 4.13. The van der Waals surface area contributed by atoms with Gasteiger partial charge in [-0.2, -0.15) is 4.98 Å². The van der Waals surface area contributed by atoms with Gasteiger partial charge in [0, 0.05) is 22.7 Å². The van der Waals surface area contributed by atoms with Gasteiger partial charge in [-0.15, -0.1) is 0 Å². The maximum Gasteiger partial charge on any atom is 0.322 e. The summed E-state index contributed by atoms with van der Waals surface area (Å²) in [4.78, 5) is 16.2. The van der Waals surface area contributed by atoms with Gasteiger partial charge in [0.05, 0.1) is 7.11 Å². The first-order valence-corrected chi connectivity index (χ1v) is 11.5. The van der Waals surface area contributed by atoms with E-state index in [1.54, 1.807) is 37.3 Å². The quantitative estimate of drug-likeness (QED) is 0.283. The summed E-state index contributed by atoms with van der Waals surface area (Å²) in [7, 11) is 1.36. The number of hydrogen-bond acceptors (Lipinski definition) is 6. The molecule has 0 radical (unpaired) electrons. The average Bonchev–Trinajstić information content (AvgIpc) is 3.38. The smallest absolute Gasteiger partial charge is 0.322 e. The number of carbonyl (C=O) groups is 1. The van der Waals surface area contributed by atoms with Gasteiger partial charge in [0.1, 0.15) is 6.04 Å². The van der Waals surface area contributed by atoms with E-state index in [-0.39, 0.29) is 17.6 Å². The number of nitrogens with zero attached hydrogens (tertiary/aromatic N) is 2. The molecule has 36 heavy (non-hydrogen) atoms. The maximum absolute atomic E-state index is 13.5. The van der Waals surface area contributed by atoms with Gasteiger partial charge in [-0.05, 0) is 55.2 Å². The zero-order chi connectivity index (χ0) is 25.8. The van der Waals surface area contributed by atoms with Gasteiger partial charge in [0.15, 0.2) is 0 Å². The lowest BCUT2D eigenvalue weighted by atomic mass is 9.94. The van der Waals surface area contributed by atoms with E-state index in [0.717, 1.165) is 22.3 Å². The van der Waals surface area contributed by atoms with Crippen LogP contribution in [-0.2, 0) is 9.53 Å². The molecule has 4 rings (SSSR count). The van der Waals surface area contributed by atoms with Crippen molar-refractivity contribution in [2.45, 2.75) is 39.3 Å². The van der Waals surface area contributed by atoms with E-state index in [9.17, 15) is 13.6 Å². The minimum absolute atomic E-state index is 0.00106. The first kappa shape index (κ1) is 25.2. The third-order valence-corrected chi connectivity index (χ3v) is 6.11. The monoisotopic (exact) mass is 491 g/mol. The van der Waals surface area contributed by atoms with Crippen molar-refractivity contribution in [3.63, 3.8) is 0 Å². The van der Waals surface area contributed by atoms with Crippen LogP contribution in [0.1, 0.15) is 43.0 Å². The van der Waals surface area contributed by atoms with Gasteiger partial charge in [-0.3, -0.25) is 10.1 Å². The number of hydrogen-bond donors (Lipinski definition) is 1. The molecule has 0 unspecified atom stereocenters. The van der Waals surface area contributed by atoms with Crippen LogP contribution in [0.4, 0.5) is 8.78 Å². The second kappa shape index (κ2) is 10.8. The van der Waals surface area contributed by atoms with Crippen LogP contribution >= 0.6 is 0 Å². The number of benzene rings is 3. The molecule has 186 valence electrons. The Bertz CT molecular complexity index is 1350. The largest absolute Gasteiger partial charge is 0.468 e. The molecule has 0 aliphatic carbocycles. The average molecular weight is 492 g/mol. The lowest BCUT2D eigenvalue weighted by molar-refractivity contribution is -0.142. The molecule has 0 aliphatic rings. The van der Waals surface area contributed by atoms with Crippen molar-refractivity contribution in [3.8, 4) is 34.0 Å². The van der Waals surface area contributed by atoms with Crippen LogP contribution in [0.25, 0.3) is 34.0 Å². The Morgan fingerprint density at radius 2 is 1.67 bits per heavy atom. The first-order chi connectivity index (χ1) is 17.3. The Kier molecular flexibility index (Phi) is 7.55. The second-order valence-electron chi connectivity index (χ2n) is 8.60.